The summed E-state index contributed by atoms with van der Waals surface area (Å²) in [4.78, 5) is 5.72. The summed E-state index contributed by atoms with van der Waals surface area (Å²) in [5.74, 6) is 1.40. The van der Waals surface area contributed by atoms with E-state index < -0.39 is 0 Å². The third-order valence-electron chi connectivity index (χ3n) is 3.41. The molecule has 2 nitrogen and oxygen atoms in total. The van der Waals surface area contributed by atoms with E-state index in [0.29, 0.717) is 0 Å². The molecule has 0 radical (unpaired) electrons. The Morgan fingerprint density at radius 3 is 2.59 bits per heavy atom. The first kappa shape index (κ1) is 14.9. The molecule has 0 bridgehead atoms. The zero-order chi connectivity index (χ0) is 15.5. The second-order valence-electron chi connectivity index (χ2n) is 5.06. The highest BCUT2D eigenvalue weighted by Crippen LogP contribution is 2.32. The molecule has 0 unspecified atom stereocenters. The lowest BCUT2D eigenvalue weighted by atomic mass is 10.2. The fourth-order valence-corrected chi connectivity index (χ4v) is 3.38. The third kappa shape index (κ3) is 3.22. The van der Waals surface area contributed by atoms with Crippen molar-refractivity contribution in [2.45, 2.75) is 17.6 Å². The van der Waals surface area contributed by atoms with E-state index in [-0.39, 0.29) is 5.82 Å². The van der Waals surface area contributed by atoms with E-state index in [1.165, 1.54) is 12.1 Å². The maximum Gasteiger partial charge on any atom is 0.123 e. The zero-order valence-corrected chi connectivity index (χ0v) is 13.3. The highest BCUT2D eigenvalue weighted by molar-refractivity contribution is 7.98. The van der Waals surface area contributed by atoms with Crippen molar-refractivity contribution in [2.75, 3.05) is 7.11 Å². The second kappa shape index (κ2) is 6.36. The highest BCUT2D eigenvalue weighted by atomic mass is 32.2. The van der Waals surface area contributed by atoms with Gasteiger partial charge in [-0.15, -0.1) is 11.8 Å². The number of benzene rings is 2. The molecule has 4 heteroatoms. The van der Waals surface area contributed by atoms with Gasteiger partial charge in [0.2, 0.25) is 0 Å². The Hall–Kier alpha value is -2.07. The van der Waals surface area contributed by atoms with Crippen LogP contribution in [0.2, 0.25) is 0 Å². The topological polar surface area (TPSA) is 22.1 Å². The molecule has 0 spiro atoms. The number of pyridine rings is 1. The number of thioether (sulfide) groups is 1. The number of rotatable bonds is 4. The summed E-state index contributed by atoms with van der Waals surface area (Å²) in [5.41, 5.74) is 3.04. The van der Waals surface area contributed by atoms with Crippen molar-refractivity contribution in [3.8, 4) is 5.75 Å². The maximum absolute atomic E-state index is 13.0. The molecule has 0 aliphatic carbocycles. The number of halogens is 1. The largest absolute Gasteiger partial charge is 0.497 e. The van der Waals surface area contributed by atoms with Gasteiger partial charge in [-0.3, -0.25) is 4.98 Å². The smallest absolute Gasteiger partial charge is 0.123 e. The Labute approximate surface area is 133 Å². The van der Waals surface area contributed by atoms with E-state index in [0.717, 1.165) is 38.6 Å². The lowest BCUT2D eigenvalue weighted by Gasteiger charge is -2.09. The first-order valence-electron chi connectivity index (χ1n) is 6.98. The van der Waals surface area contributed by atoms with E-state index in [4.69, 9.17) is 4.74 Å². The predicted octanol–water partition coefficient (Wildman–Crippen LogP) is 4.98. The van der Waals surface area contributed by atoms with Crippen LogP contribution in [0.5, 0.6) is 5.75 Å². The summed E-state index contributed by atoms with van der Waals surface area (Å²) < 4.78 is 18.3. The van der Waals surface area contributed by atoms with Crippen molar-refractivity contribution < 1.29 is 9.13 Å². The average Bonchev–Trinajstić information content (AvgIpc) is 2.53. The standard InChI is InChI=1S/C18H16FNOS/c1-12-9-18(22-11-13-3-5-14(19)6-4-13)16-10-15(21-2)7-8-17(16)20-12/h3-10H,11H2,1-2H3. The molecule has 0 saturated carbocycles. The zero-order valence-electron chi connectivity index (χ0n) is 12.5. The van der Waals surface area contributed by atoms with Gasteiger partial charge in [-0.05, 0) is 48.9 Å². The fourth-order valence-electron chi connectivity index (χ4n) is 2.29. The molecule has 0 fully saturated rings. The molecule has 2 aromatic carbocycles. The molecule has 0 amide bonds. The van der Waals surface area contributed by atoms with Crippen LogP contribution in [0.4, 0.5) is 4.39 Å². The maximum atomic E-state index is 13.0. The van der Waals surface area contributed by atoms with Gasteiger partial charge in [0.05, 0.1) is 12.6 Å². The summed E-state index contributed by atoms with van der Waals surface area (Å²) in [6, 6.07) is 14.6. The number of fused-ring (bicyclic) bond motifs is 1. The number of hydrogen-bond acceptors (Lipinski definition) is 3. The monoisotopic (exact) mass is 313 g/mol. The number of nitrogens with zero attached hydrogens (tertiary/aromatic N) is 1. The molecule has 0 N–H and O–H groups in total. The van der Waals surface area contributed by atoms with Gasteiger partial charge >= 0.3 is 0 Å². The molecule has 0 aliphatic rings. The highest BCUT2D eigenvalue weighted by Gasteiger charge is 2.07. The van der Waals surface area contributed by atoms with Gasteiger partial charge < -0.3 is 4.74 Å². The molecule has 1 aromatic heterocycles. The summed E-state index contributed by atoms with van der Waals surface area (Å²) >= 11 is 1.72. The van der Waals surface area contributed by atoms with Crippen molar-refractivity contribution in [3.63, 3.8) is 0 Å². The Morgan fingerprint density at radius 1 is 1.09 bits per heavy atom. The van der Waals surface area contributed by atoms with Gasteiger partial charge in [0.25, 0.3) is 0 Å². The fraction of sp³-hybridized carbons (Fsp3) is 0.167. The number of aryl methyl sites for hydroxylation is 1. The lowest BCUT2D eigenvalue weighted by molar-refractivity contribution is 0.415. The van der Waals surface area contributed by atoms with Crippen molar-refractivity contribution in [3.05, 3.63) is 65.6 Å². The number of ether oxygens (including phenoxy) is 1. The average molecular weight is 313 g/mol. The van der Waals surface area contributed by atoms with Gasteiger partial charge in [-0.25, -0.2) is 4.39 Å². The van der Waals surface area contributed by atoms with Gasteiger partial charge in [-0.1, -0.05) is 12.1 Å². The number of aromatic nitrogens is 1. The molecule has 0 atom stereocenters. The minimum absolute atomic E-state index is 0.205. The first-order valence-corrected chi connectivity index (χ1v) is 7.97. The van der Waals surface area contributed by atoms with Gasteiger partial charge in [0.15, 0.2) is 0 Å². The van der Waals surface area contributed by atoms with Crippen molar-refractivity contribution >= 4 is 22.7 Å². The van der Waals surface area contributed by atoms with Crippen LogP contribution in [0.15, 0.2) is 53.4 Å². The van der Waals surface area contributed by atoms with Crippen LogP contribution >= 0.6 is 11.8 Å². The number of hydrogen-bond donors (Lipinski definition) is 0. The molecule has 3 rings (SSSR count). The van der Waals surface area contributed by atoms with Crippen LogP contribution < -0.4 is 4.74 Å². The van der Waals surface area contributed by atoms with Crippen LogP contribution in [-0.2, 0) is 5.75 Å². The Morgan fingerprint density at radius 2 is 1.86 bits per heavy atom. The summed E-state index contributed by atoms with van der Waals surface area (Å²) in [7, 11) is 1.66. The minimum Gasteiger partial charge on any atom is -0.497 e. The molecular weight excluding hydrogens is 297 g/mol. The molecule has 22 heavy (non-hydrogen) atoms. The predicted molar refractivity (Wildman–Crippen MR) is 89.0 cm³/mol. The Bertz CT molecular complexity index is 802. The molecule has 1 heterocycles. The SMILES string of the molecule is COc1ccc2nc(C)cc(SCc3ccc(F)cc3)c2c1. The van der Waals surface area contributed by atoms with Crippen LogP contribution in [0.25, 0.3) is 10.9 Å². The lowest BCUT2D eigenvalue weighted by Crippen LogP contribution is -1.90. The summed E-state index contributed by atoms with van der Waals surface area (Å²) in [5, 5.41) is 1.08. The first-order chi connectivity index (χ1) is 10.7. The quantitative estimate of drug-likeness (QED) is 0.634. The van der Waals surface area contributed by atoms with E-state index in [2.05, 4.69) is 11.1 Å². The third-order valence-corrected chi connectivity index (χ3v) is 4.54. The van der Waals surface area contributed by atoms with Gasteiger partial charge in [0.1, 0.15) is 11.6 Å². The molecule has 112 valence electrons. The van der Waals surface area contributed by atoms with Crippen molar-refractivity contribution in [1.82, 2.24) is 4.98 Å². The van der Waals surface area contributed by atoms with E-state index in [1.807, 2.05) is 37.3 Å². The number of methoxy groups -OCH3 is 1. The van der Waals surface area contributed by atoms with Crippen LogP contribution in [0, 0.1) is 12.7 Å². The van der Waals surface area contributed by atoms with Crippen LogP contribution in [0.1, 0.15) is 11.3 Å². The van der Waals surface area contributed by atoms with Gasteiger partial charge in [0, 0.05) is 21.7 Å². The molecule has 3 aromatic rings. The molecular formula is C18H16FNOS. The molecule has 0 aliphatic heterocycles. The van der Waals surface area contributed by atoms with E-state index in [9.17, 15) is 4.39 Å². The summed E-state index contributed by atoms with van der Waals surface area (Å²) in [6.45, 7) is 1.99. The Kier molecular flexibility index (Phi) is 4.29. The van der Waals surface area contributed by atoms with Crippen molar-refractivity contribution in [1.29, 1.82) is 0 Å². The summed E-state index contributed by atoms with van der Waals surface area (Å²) in [6.07, 6.45) is 0. The second-order valence-corrected chi connectivity index (χ2v) is 6.08. The molecule has 0 saturated heterocycles. The van der Waals surface area contributed by atoms with Crippen LogP contribution in [0.3, 0.4) is 0 Å². The van der Waals surface area contributed by atoms with E-state index in [1.54, 1.807) is 18.9 Å². The van der Waals surface area contributed by atoms with Gasteiger partial charge in [-0.2, -0.15) is 0 Å². The van der Waals surface area contributed by atoms with E-state index >= 15 is 0 Å². The normalized spacial score (nSPS) is 10.9. The Balaban J connectivity index is 1.93. The van der Waals surface area contributed by atoms with Crippen LogP contribution in [-0.4, -0.2) is 12.1 Å². The van der Waals surface area contributed by atoms with Crippen molar-refractivity contribution in [2.24, 2.45) is 0 Å². The minimum atomic E-state index is -0.205.